The van der Waals surface area contributed by atoms with Gasteiger partial charge in [0.25, 0.3) is 0 Å². The number of esters is 1. The summed E-state index contributed by atoms with van der Waals surface area (Å²) < 4.78 is 4.49. The molecule has 0 aromatic carbocycles. The number of carbonyl (C=O) groups excluding carboxylic acids is 2. The zero-order valence-corrected chi connectivity index (χ0v) is 15.5. The maximum atomic E-state index is 10.4. The number of ketones is 1. The Labute approximate surface area is 139 Å². The van der Waals surface area contributed by atoms with E-state index in [0.29, 0.717) is 6.61 Å². The van der Waals surface area contributed by atoms with E-state index in [1.54, 1.807) is 41.5 Å². The molecule has 0 spiro atoms. The van der Waals surface area contributed by atoms with Crippen molar-refractivity contribution in [3.8, 4) is 0 Å². The predicted molar refractivity (Wildman–Crippen MR) is 77.7 cm³/mol. The fourth-order valence-corrected chi connectivity index (χ4v) is 0.415. The van der Waals surface area contributed by atoms with Gasteiger partial charge in [-0.3, -0.25) is 9.59 Å². The second-order valence-corrected chi connectivity index (χ2v) is 3.87. The molecule has 0 aliphatic rings. The standard InChI is InChI=1S/C6H10O3.2C3H8O.C2H5.Ti/c1-3-9-6(8)4-5(2)7;2*1-3(2)4;1-2;/h3-4H2,1-2H3;2*3-4H,1-2H3;1H2,2H3;/q;;;-1;. The van der Waals surface area contributed by atoms with E-state index in [1.807, 2.05) is 0 Å². The minimum Gasteiger partial charge on any atom is -0.466 e. The molecular formula is C14H31O5Ti-. The Bertz CT molecular complexity index is 182. The van der Waals surface area contributed by atoms with Crippen molar-refractivity contribution in [3.63, 3.8) is 0 Å². The first-order chi connectivity index (χ1) is 8.63. The molecule has 0 saturated heterocycles. The van der Waals surface area contributed by atoms with Crippen LogP contribution in [0.1, 0.15) is 54.9 Å². The number of aliphatic hydroxyl groups is 2. The average molecular weight is 327 g/mol. The molecule has 5 nitrogen and oxygen atoms in total. The summed E-state index contributed by atoms with van der Waals surface area (Å²) in [6, 6.07) is 0. The molecule has 0 bridgehead atoms. The van der Waals surface area contributed by atoms with Crippen molar-refractivity contribution in [1.29, 1.82) is 0 Å². The van der Waals surface area contributed by atoms with Crippen molar-refractivity contribution < 1.29 is 46.3 Å². The van der Waals surface area contributed by atoms with E-state index in [1.165, 1.54) is 6.92 Å². The van der Waals surface area contributed by atoms with Crippen molar-refractivity contribution in [2.75, 3.05) is 6.61 Å². The topological polar surface area (TPSA) is 83.8 Å². The molecule has 0 heterocycles. The number of hydrogen-bond donors (Lipinski definition) is 2. The molecule has 0 fully saturated rings. The molecule has 0 saturated carbocycles. The number of carbonyl (C=O) groups is 2. The van der Waals surface area contributed by atoms with Crippen LogP contribution in [0, 0.1) is 6.92 Å². The zero-order chi connectivity index (χ0) is 16.4. The molecule has 0 aromatic rings. The van der Waals surface area contributed by atoms with Gasteiger partial charge in [-0.25, -0.2) is 0 Å². The van der Waals surface area contributed by atoms with Crippen LogP contribution < -0.4 is 0 Å². The second-order valence-electron chi connectivity index (χ2n) is 3.87. The number of aliphatic hydroxyl groups excluding tert-OH is 2. The van der Waals surface area contributed by atoms with Crippen LogP contribution in [0.25, 0.3) is 0 Å². The quantitative estimate of drug-likeness (QED) is 0.359. The van der Waals surface area contributed by atoms with Gasteiger partial charge < -0.3 is 21.9 Å². The van der Waals surface area contributed by atoms with Crippen LogP contribution in [0.4, 0.5) is 0 Å². The Hall–Kier alpha value is -0.226. The van der Waals surface area contributed by atoms with Crippen molar-refractivity contribution in [2.24, 2.45) is 0 Å². The van der Waals surface area contributed by atoms with Crippen LogP contribution in [0.15, 0.2) is 0 Å². The summed E-state index contributed by atoms with van der Waals surface area (Å²) in [4.78, 5) is 20.6. The van der Waals surface area contributed by atoms with Crippen LogP contribution >= 0.6 is 0 Å². The molecule has 0 aliphatic carbocycles. The third-order valence-electron chi connectivity index (χ3n) is 0.699. The first-order valence-electron chi connectivity index (χ1n) is 6.35. The minimum atomic E-state index is -0.440. The van der Waals surface area contributed by atoms with E-state index < -0.39 is 5.97 Å². The summed E-state index contributed by atoms with van der Waals surface area (Å²) in [5.74, 6) is -0.599. The minimum absolute atomic E-state index is 0. The summed E-state index contributed by atoms with van der Waals surface area (Å²) in [7, 11) is 0. The van der Waals surface area contributed by atoms with Crippen LogP contribution in [0.5, 0.6) is 0 Å². The van der Waals surface area contributed by atoms with E-state index in [4.69, 9.17) is 10.2 Å². The van der Waals surface area contributed by atoms with Gasteiger partial charge in [0.15, 0.2) is 0 Å². The van der Waals surface area contributed by atoms with Crippen molar-refractivity contribution in [2.45, 2.75) is 67.1 Å². The first kappa shape index (κ1) is 31.9. The summed E-state index contributed by atoms with van der Waals surface area (Å²) in [6.07, 6.45) is -0.437. The fourth-order valence-electron chi connectivity index (χ4n) is 0.415. The zero-order valence-electron chi connectivity index (χ0n) is 13.9. The van der Waals surface area contributed by atoms with Crippen LogP contribution in [-0.2, 0) is 36.0 Å². The van der Waals surface area contributed by atoms with Gasteiger partial charge in [0, 0.05) is 33.9 Å². The second kappa shape index (κ2) is 27.2. The molecule has 6 heteroatoms. The van der Waals surface area contributed by atoms with Gasteiger partial charge in [0.1, 0.15) is 12.2 Å². The van der Waals surface area contributed by atoms with Gasteiger partial charge in [-0.15, -0.1) is 0 Å². The van der Waals surface area contributed by atoms with Crippen molar-refractivity contribution in [3.05, 3.63) is 6.92 Å². The van der Waals surface area contributed by atoms with Gasteiger partial charge in [-0.05, 0) is 41.5 Å². The maximum Gasteiger partial charge on any atom is 0.313 e. The van der Waals surface area contributed by atoms with Crippen LogP contribution in [0.3, 0.4) is 0 Å². The Balaban J connectivity index is -0.0000000579. The summed E-state index contributed by atoms with van der Waals surface area (Å²) in [5.41, 5.74) is 0. The van der Waals surface area contributed by atoms with Crippen LogP contribution in [0.2, 0.25) is 0 Å². The molecule has 0 radical (unpaired) electrons. The number of Topliss-reactive ketones (excluding diaryl/α,β-unsaturated/α-hetero) is 1. The molecular weight excluding hydrogens is 296 g/mol. The Kier molecular flexibility index (Phi) is 43.4. The van der Waals surface area contributed by atoms with E-state index >= 15 is 0 Å². The maximum absolute atomic E-state index is 10.4. The monoisotopic (exact) mass is 327 g/mol. The summed E-state index contributed by atoms with van der Waals surface area (Å²) >= 11 is 0. The van der Waals surface area contributed by atoms with Gasteiger partial charge in [-0.2, -0.15) is 6.92 Å². The van der Waals surface area contributed by atoms with Crippen molar-refractivity contribution >= 4 is 11.8 Å². The molecule has 0 amide bonds. The molecule has 0 aromatic heterocycles. The number of hydrogen-bond acceptors (Lipinski definition) is 5. The van der Waals surface area contributed by atoms with Gasteiger partial charge in [-0.1, -0.05) is 0 Å². The Morgan fingerprint density at radius 1 is 1.05 bits per heavy atom. The summed E-state index contributed by atoms with van der Waals surface area (Å²) in [6.45, 7) is 15.3. The van der Waals surface area contributed by atoms with E-state index in [2.05, 4.69) is 11.7 Å². The molecule has 0 atom stereocenters. The Morgan fingerprint density at radius 2 is 1.30 bits per heavy atom. The molecule has 0 rings (SSSR count). The predicted octanol–water partition coefficient (Wildman–Crippen LogP) is 2.14. The largest absolute Gasteiger partial charge is 0.466 e. The van der Waals surface area contributed by atoms with E-state index in [9.17, 15) is 9.59 Å². The third-order valence-corrected chi connectivity index (χ3v) is 0.699. The number of rotatable bonds is 3. The summed E-state index contributed by atoms with van der Waals surface area (Å²) in [5, 5.41) is 16.1. The van der Waals surface area contributed by atoms with E-state index in [-0.39, 0.29) is 46.1 Å². The fraction of sp³-hybridized carbons (Fsp3) is 0.786. The van der Waals surface area contributed by atoms with E-state index in [0.717, 1.165) is 0 Å². The third kappa shape index (κ3) is 109. The molecule has 0 unspecified atom stereocenters. The Morgan fingerprint density at radius 3 is 1.45 bits per heavy atom. The van der Waals surface area contributed by atoms with Crippen LogP contribution in [-0.4, -0.2) is 40.8 Å². The molecule has 122 valence electrons. The molecule has 0 aliphatic heterocycles. The molecule has 2 N–H and O–H groups in total. The van der Waals surface area contributed by atoms with Crippen molar-refractivity contribution in [1.82, 2.24) is 0 Å². The average Bonchev–Trinajstić information content (AvgIpc) is 2.17. The first-order valence-corrected chi connectivity index (χ1v) is 6.35. The number of ether oxygens (including phenoxy) is 1. The smallest absolute Gasteiger partial charge is 0.313 e. The normalized spacial score (nSPS) is 7.80. The van der Waals surface area contributed by atoms with Gasteiger partial charge in [0.05, 0.1) is 6.61 Å². The SMILES string of the molecule is CC(C)O.CC(C)O.CCOC(=O)CC(C)=O.[CH2-]C.[Ti]. The van der Waals surface area contributed by atoms with Gasteiger partial charge in [0.2, 0.25) is 0 Å². The molecule has 20 heavy (non-hydrogen) atoms. The van der Waals surface area contributed by atoms with Gasteiger partial charge >= 0.3 is 5.97 Å².